The highest BCUT2D eigenvalue weighted by atomic mass is 16.5. The minimum atomic E-state index is 0.0902. The zero-order chi connectivity index (χ0) is 11.5. The van der Waals surface area contributed by atoms with E-state index in [0.29, 0.717) is 23.1 Å². The predicted molar refractivity (Wildman–Crippen MR) is 63.0 cm³/mol. The quantitative estimate of drug-likeness (QED) is 0.612. The summed E-state index contributed by atoms with van der Waals surface area (Å²) in [6.07, 6.45) is 1.62. The molecule has 3 heteroatoms. The number of phenolic OH excluding ortho intramolecular Hbond substituents is 2. The molecule has 2 rings (SSSR count). The Hall–Kier alpha value is -2.16. The standard InChI is InChI=1S/C13H12O3/c1-2-8-16-12-5-3-4-9-10(14)6-7-11(15)13(9)12/h2-7,14-15H,1,8H2. The molecule has 0 aliphatic heterocycles. The molecule has 2 aromatic rings. The summed E-state index contributed by atoms with van der Waals surface area (Å²) in [7, 11) is 0. The smallest absolute Gasteiger partial charge is 0.131 e. The summed E-state index contributed by atoms with van der Waals surface area (Å²) in [6.45, 7) is 3.91. The normalized spacial score (nSPS) is 10.2. The molecule has 3 nitrogen and oxygen atoms in total. The van der Waals surface area contributed by atoms with Crippen molar-refractivity contribution in [3.05, 3.63) is 43.0 Å². The third-order valence-corrected chi connectivity index (χ3v) is 2.31. The molecule has 0 radical (unpaired) electrons. The molecule has 0 saturated carbocycles. The highest BCUT2D eigenvalue weighted by Crippen LogP contribution is 2.37. The van der Waals surface area contributed by atoms with E-state index in [1.165, 1.54) is 12.1 Å². The third-order valence-electron chi connectivity index (χ3n) is 2.31. The highest BCUT2D eigenvalue weighted by molar-refractivity contribution is 5.97. The maximum Gasteiger partial charge on any atom is 0.131 e. The molecule has 0 aromatic heterocycles. The molecule has 82 valence electrons. The lowest BCUT2D eigenvalue weighted by atomic mass is 10.1. The van der Waals surface area contributed by atoms with Crippen LogP contribution in [0.3, 0.4) is 0 Å². The lowest BCUT2D eigenvalue weighted by molar-refractivity contribution is 0.365. The fourth-order valence-corrected chi connectivity index (χ4v) is 1.61. The summed E-state index contributed by atoms with van der Waals surface area (Å²) >= 11 is 0. The Kier molecular flexibility index (Phi) is 2.68. The fourth-order valence-electron chi connectivity index (χ4n) is 1.61. The van der Waals surface area contributed by atoms with Crippen molar-refractivity contribution in [2.45, 2.75) is 0 Å². The van der Waals surface area contributed by atoms with Gasteiger partial charge in [-0.15, -0.1) is 0 Å². The second kappa shape index (κ2) is 4.14. The number of fused-ring (bicyclic) bond motifs is 1. The van der Waals surface area contributed by atoms with Gasteiger partial charge in [0.15, 0.2) is 0 Å². The molecule has 0 aliphatic carbocycles. The largest absolute Gasteiger partial charge is 0.507 e. The van der Waals surface area contributed by atoms with Crippen molar-refractivity contribution in [3.8, 4) is 17.2 Å². The van der Waals surface area contributed by atoms with Gasteiger partial charge in [0.05, 0.1) is 5.39 Å². The SMILES string of the molecule is C=CCOc1cccc2c(O)ccc(O)c12. The molecule has 0 saturated heterocycles. The van der Waals surface area contributed by atoms with Crippen molar-refractivity contribution in [2.24, 2.45) is 0 Å². The van der Waals surface area contributed by atoms with Crippen molar-refractivity contribution in [2.75, 3.05) is 6.61 Å². The minimum absolute atomic E-state index is 0.0902. The lowest BCUT2D eigenvalue weighted by Crippen LogP contribution is -1.93. The zero-order valence-corrected chi connectivity index (χ0v) is 8.68. The molecule has 0 unspecified atom stereocenters. The van der Waals surface area contributed by atoms with E-state index in [2.05, 4.69) is 6.58 Å². The summed E-state index contributed by atoms with van der Waals surface area (Å²) in [5.41, 5.74) is 0. The number of rotatable bonds is 3. The first-order valence-corrected chi connectivity index (χ1v) is 4.91. The van der Waals surface area contributed by atoms with Gasteiger partial charge in [-0.25, -0.2) is 0 Å². The van der Waals surface area contributed by atoms with Gasteiger partial charge < -0.3 is 14.9 Å². The predicted octanol–water partition coefficient (Wildman–Crippen LogP) is 2.82. The second-order valence-electron chi connectivity index (χ2n) is 3.38. The van der Waals surface area contributed by atoms with Gasteiger partial charge in [-0.3, -0.25) is 0 Å². The Morgan fingerprint density at radius 3 is 2.62 bits per heavy atom. The van der Waals surface area contributed by atoms with Gasteiger partial charge in [0.25, 0.3) is 0 Å². The van der Waals surface area contributed by atoms with Crippen LogP contribution in [0.4, 0.5) is 0 Å². The molecule has 16 heavy (non-hydrogen) atoms. The maximum atomic E-state index is 9.76. The third kappa shape index (κ3) is 1.67. The van der Waals surface area contributed by atoms with Crippen molar-refractivity contribution in [3.63, 3.8) is 0 Å². The molecule has 0 amide bonds. The molecule has 2 N–H and O–H groups in total. The summed E-state index contributed by atoms with van der Waals surface area (Å²) in [4.78, 5) is 0. The van der Waals surface area contributed by atoms with Crippen LogP contribution in [0.25, 0.3) is 10.8 Å². The molecule has 0 fully saturated rings. The Labute approximate surface area is 93.2 Å². The van der Waals surface area contributed by atoms with Gasteiger partial charge in [-0.1, -0.05) is 24.8 Å². The Bertz CT molecular complexity index is 532. The maximum absolute atomic E-state index is 9.76. The second-order valence-corrected chi connectivity index (χ2v) is 3.38. The molecule has 0 heterocycles. The molecular weight excluding hydrogens is 204 g/mol. The van der Waals surface area contributed by atoms with Gasteiger partial charge >= 0.3 is 0 Å². The van der Waals surface area contributed by atoms with Gasteiger partial charge in [0.1, 0.15) is 23.9 Å². The average molecular weight is 216 g/mol. The van der Waals surface area contributed by atoms with Crippen LogP contribution in [0.5, 0.6) is 17.2 Å². The number of benzene rings is 2. The van der Waals surface area contributed by atoms with Crippen molar-refractivity contribution in [1.29, 1.82) is 0 Å². The summed E-state index contributed by atoms with van der Waals surface area (Å²) in [5.74, 6) is 0.745. The van der Waals surface area contributed by atoms with Crippen LogP contribution in [0.1, 0.15) is 0 Å². The average Bonchev–Trinajstić information content (AvgIpc) is 2.31. The monoisotopic (exact) mass is 216 g/mol. The summed E-state index contributed by atoms with van der Waals surface area (Å²) in [5, 5.41) is 20.5. The minimum Gasteiger partial charge on any atom is -0.507 e. The number of aromatic hydroxyl groups is 2. The van der Waals surface area contributed by atoms with E-state index in [1.54, 1.807) is 24.3 Å². The summed E-state index contributed by atoms with van der Waals surface area (Å²) in [6, 6.07) is 8.13. The molecule has 0 bridgehead atoms. The first-order chi connectivity index (χ1) is 7.74. The molecule has 2 aromatic carbocycles. The topological polar surface area (TPSA) is 49.7 Å². The van der Waals surface area contributed by atoms with Gasteiger partial charge in [0.2, 0.25) is 0 Å². The highest BCUT2D eigenvalue weighted by Gasteiger charge is 2.09. The molecular formula is C13H12O3. The van der Waals surface area contributed by atoms with Crippen LogP contribution >= 0.6 is 0 Å². The van der Waals surface area contributed by atoms with Gasteiger partial charge in [-0.2, -0.15) is 0 Å². The van der Waals surface area contributed by atoms with E-state index < -0.39 is 0 Å². The Morgan fingerprint density at radius 2 is 1.88 bits per heavy atom. The van der Waals surface area contributed by atoms with Crippen LogP contribution in [0.2, 0.25) is 0 Å². The van der Waals surface area contributed by atoms with E-state index in [0.717, 1.165) is 0 Å². The van der Waals surface area contributed by atoms with E-state index in [9.17, 15) is 10.2 Å². The number of ether oxygens (including phenoxy) is 1. The molecule has 0 atom stereocenters. The number of phenols is 2. The van der Waals surface area contributed by atoms with Crippen LogP contribution < -0.4 is 4.74 Å². The van der Waals surface area contributed by atoms with Gasteiger partial charge in [-0.05, 0) is 18.2 Å². The Morgan fingerprint density at radius 1 is 1.12 bits per heavy atom. The van der Waals surface area contributed by atoms with Crippen LogP contribution in [-0.4, -0.2) is 16.8 Å². The van der Waals surface area contributed by atoms with Gasteiger partial charge in [0, 0.05) is 5.39 Å². The number of hydrogen-bond acceptors (Lipinski definition) is 3. The molecule has 0 aliphatic rings. The zero-order valence-electron chi connectivity index (χ0n) is 8.68. The van der Waals surface area contributed by atoms with Crippen LogP contribution in [0.15, 0.2) is 43.0 Å². The molecule has 0 spiro atoms. The van der Waals surface area contributed by atoms with Crippen molar-refractivity contribution < 1.29 is 14.9 Å². The van der Waals surface area contributed by atoms with E-state index >= 15 is 0 Å². The van der Waals surface area contributed by atoms with Crippen molar-refractivity contribution in [1.82, 2.24) is 0 Å². The van der Waals surface area contributed by atoms with E-state index in [1.807, 2.05) is 0 Å². The fraction of sp³-hybridized carbons (Fsp3) is 0.0769. The first-order valence-electron chi connectivity index (χ1n) is 4.91. The Balaban J connectivity index is 2.65. The van der Waals surface area contributed by atoms with Crippen molar-refractivity contribution >= 4 is 10.8 Å². The van der Waals surface area contributed by atoms with E-state index in [4.69, 9.17) is 4.74 Å². The van der Waals surface area contributed by atoms with Crippen LogP contribution in [0, 0.1) is 0 Å². The summed E-state index contributed by atoms with van der Waals surface area (Å²) < 4.78 is 5.42. The number of hydrogen-bond donors (Lipinski definition) is 2. The lowest BCUT2D eigenvalue weighted by Gasteiger charge is -2.09. The first kappa shape index (κ1) is 10.4. The van der Waals surface area contributed by atoms with E-state index in [-0.39, 0.29) is 11.5 Å². The van der Waals surface area contributed by atoms with Crippen LogP contribution in [-0.2, 0) is 0 Å².